The van der Waals surface area contributed by atoms with E-state index in [1.54, 1.807) is 0 Å². The molecule has 0 aliphatic heterocycles. The van der Waals surface area contributed by atoms with E-state index in [0.29, 0.717) is 45.3 Å². The molecule has 14 nitrogen and oxygen atoms in total. The fourth-order valence-corrected chi connectivity index (χ4v) is 12.4. The van der Waals surface area contributed by atoms with Crippen LogP contribution in [-0.4, -0.2) is 74.9 Å². The molecule has 6 aromatic heterocycles. The fraction of sp³-hybridized carbons (Fsp3) is 0. The number of imidazole rings is 4. The zero-order chi connectivity index (χ0) is 36.2. The molecule has 0 atom stereocenters. The summed E-state index contributed by atoms with van der Waals surface area (Å²) in [5.74, 6) is 2.28. The van der Waals surface area contributed by atoms with E-state index in [9.17, 15) is 9.59 Å². The Morgan fingerprint density at radius 2 is 0.926 bits per heavy atom. The van der Waals surface area contributed by atoms with Gasteiger partial charge in [-0.1, -0.05) is 0 Å². The van der Waals surface area contributed by atoms with Crippen LogP contribution in [0.4, 0.5) is 23.0 Å². The van der Waals surface area contributed by atoms with Crippen LogP contribution in [-0.2, 0) is 0 Å². The standard InChI is InChI=1S/C38H26N12O2Se2/c51-35-29-31(41-19-39-29)49-33(27(45-37(49)47-35)21-7-3-1-4-8-21)43-23-11-15-25(16-12-23)53-54-26-17-13-24(14-18-26)44-34-28(22-9-5-2-6-10-22)46-38-48-36(52)30-32(50(34)38)42-20-40-30/h1-20,43-44H,(H,39,41)(H,40,42)(H,45,47,51)(H,46,48,52). The summed E-state index contributed by atoms with van der Waals surface area (Å²) >= 11 is 0.502. The maximum absolute atomic E-state index is 12.7. The number of nitrogens with zero attached hydrogens (tertiary/aromatic N) is 6. The van der Waals surface area contributed by atoms with Gasteiger partial charge in [0.25, 0.3) is 0 Å². The van der Waals surface area contributed by atoms with Gasteiger partial charge in [0, 0.05) is 0 Å². The Kier molecular flexibility index (Phi) is 7.73. The monoisotopic (exact) mass is 842 g/mol. The van der Waals surface area contributed by atoms with Crippen LogP contribution in [0.1, 0.15) is 0 Å². The maximum atomic E-state index is 12.7. The number of H-pyrrole nitrogens is 4. The Morgan fingerprint density at radius 1 is 0.519 bits per heavy atom. The second-order valence-electron chi connectivity index (χ2n) is 12.2. The van der Waals surface area contributed by atoms with Crippen molar-refractivity contribution >= 4 is 92.1 Å². The number of aromatic amines is 4. The van der Waals surface area contributed by atoms with Crippen LogP contribution in [0.5, 0.6) is 0 Å². The SMILES string of the molecule is O=c1[nH]c2nc(-c3ccccc3)c(Nc3ccc([Se][Se]c4ccc(Nc5c(-c6ccccc6)nc6[nH]c(=O)c7nc[nH]c7n56)cc4)cc3)n2c2[nH]cnc12. The molecule has 6 heterocycles. The van der Waals surface area contributed by atoms with Gasteiger partial charge in [0.1, 0.15) is 0 Å². The average Bonchev–Trinajstić information content (AvgIpc) is 4.02. The molecule has 4 aromatic carbocycles. The summed E-state index contributed by atoms with van der Waals surface area (Å²) in [6.07, 6.45) is 3.03. The zero-order valence-corrected chi connectivity index (χ0v) is 31.3. The third-order valence-electron chi connectivity index (χ3n) is 8.88. The first-order valence-electron chi connectivity index (χ1n) is 16.7. The van der Waals surface area contributed by atoms with E-state index in [-0.39, 0.29) is 37.4 Å². The molecule has 0 radical (unpaired) electrons. The zero-order valence-electron chi connectivity index (χ0n) is 27.9. The van der Waals surface area contributed by atoms with Crippen LogP contribution in [0.3, 0.4) is 0 Å². The number of aromatic nitrogens is 10. The van der Waals surface area contributed by atoms with Crippen LogP contribution >= 0.6 is 0 Å². The van der Waals surface area contributed by atoms with Gasteiger partial charge in [0.2, 0.25) is 0 Å². The van der Waals surface area contributed by atoms with Crippen molar-refractivity contribution in [2.75, 3.05) is 10.6 Å². The van der Waals surface area contributed by atoms with Gasteiger partial charge in [-0.05, 0) is 0 Å². The van der Waals surface area contributed by atoms with Gasteiger partial charge in [0.05, 0.1) is 0 Å². The normalized spacial score (nSPS) is 11.6. The Morgan fingerprint density at radius 3 is 1.33 bits per heavy atom. The summed E-state index contributed by atoms with van der Waals surface area (Å²) in [5.41, 5.74) is 6.22. The molecule has 0 saturated heterocycles. The van der Waals surface area contributed by atoms with E-state index >= 15 is 0 Å². The molecule has 10 aromatic rings. The Hall–Kier alpha value is -6.70. The van der Waals surface area contributed by atoms with Crippen molar-refractivity contribution in [1.82, 2.24) is 48.7 Å². The molecule has 0 aliphatic rings. The Balaban J connectivity index is 0.885. The number of benzene rings is 4. The first kappa shape index (κ1) is 32.0. The molecule has 0 fully saturated rings. The summed E-state index contributed by atoms with van der Waals surface area (Å²) in [6, 6.07) is 36.7. The van der Waals surface area contributed by atoms with Crippen LogP contribution in [0, 0.1) is 0 Å². The topological polar surface area (TPSA) is 182 Å². The van der Waals surface area contributed by atoms with E-state index in [1.807, 2.05) is 69.5 Å². The molecule has 262 valence electrons. The number of nitrogens with one attached hydrogen (secondary N) is 6. The summed E-state index contributed by atoms with van der Waals surface area (Å²) in [6.45, 7) is 0. The third-order valence-corrected chi connectivity index (χ3v) is 16.1. The number of hydrogen-bond acceptors (Lipinski definition) is 8. The van der Waals surface area contributed by atoms with Gasteiger partial charge in [-0.3, -0.25) is 0 Å². The van der Waals surface area contributed by atoms with Crippen LogP contribution in [0.25, 0.3) is 56.4 Å². The van der Waals surface area contributed by atoms with Gasteiger partial charge < -0.3 is 0 Å². The van der Waals surface area contributed by atoms with Crippen molar-refractivity contribution < 1.29 is 0 Å². The summed E-state index contributed by atoms with van der Waals surface area (Å²) in [4.78, 5) is 55.3. The van der Waals surface area contributed by atoms with Crippen LogP contribution in [0.15, 0.2) is 131 Å². The van der Waals surface area contributed by atoms with Crippen LogP contribution in [0.2, 0.25) is 0 Å². The van der Waals surface area contributed by atoms with Gasteiger partial charge in [-0.25, -0.2) is 0 Å². The Labute approximate surface area is 315 Å². The van der Waals surface area contributed by atoms with E-state index in [2.05, 4.69) is 89.1 Å². The molecule has 0 spiro atoms. The molecular formula is C38H26N12O2Se2. The van der Waals surface area contributed by atoms with E-state index < -0.39 is 0 Å². The third kappa shape index (κ3) is 5.57. The predicted molar refractivity (Wildman–Crippen MR) is 212 cm³/mol. The van der Waals surface area contributed by atoms with Crippen molar-refractivity contribution in [2.24, 2.45) is 0 Å². The van der Waals surface area contributed by atoms with Gasteiger partial charge in [-0.2, -0.15) is 0 Å². The van der Waals surface area contributed by atoms with E-state index in [1.165, 1.54) is 21.6 Å². The number of fused-ring (bicyclic) bond motifs is 6. The predicted octanol–water partition coefficient (Wildman–Crippen LogP) is 4.21. The molecule has 54 heavy (non-hydrogen) atoms. The van der Waals surface area contributed by atoms with Gasteiger partial charge in [0.15, 0.2) is 0 Å². The number of rotatable bonds is 9. The van der Waals surface area contributed by atoms with Crippen molar-refractivity contribution in [1.29, 1.82) is 0 Å². The number of hydrogen-bond donors (Lipinski definition) is 6. The molecule has 10 rings (SSSR count). The molecule has 16 heteroatoms. The van der Waals surface area contributed by atoms with Crippen molar-refractivity contribution in [3.05, 3.63) is 143 Å². The summed E-state index contributed by atoms with van der Waals surface area (Å²) in [5, 5.41) is 7.13. The van der Waals surface area contributed by atoms with Crippen molar-refractivity contribution in [2.45, 2.75) is 0 Å². The van der Waals surface area contributed by atoms with Crippen molar-refractivity contribution in [3.63, 3.8) is 0 Å². The minimum absolute atomic E-state index is 0.251. The first-order valence-corrected chi connectivity index (χ1v) is 22.8. The molecular weight excluding hydrogens is 814 g/mol. The quantitative estimate of drug-likeness (QED) is 0.117. The van der Waals surface area contributed by atoms with Gasteiger partial charge >= 0.3 is 316 Å². The Bertz CT molecular complexity index is 2880. The molecule has 0 unspecified atom stereocenters. The van der Waals surface area contributed by atoms with Crippen LogP contribution < -0.4 is 30.7 Å². The fourth-order valence-electron chi connectivity index (χ4n) is 6.40. The van der Waals surface area contributed by atoms with Gasteiger partial charge in [-0.15, -0.1) is 0 Å². The summed E-state index contributed by atoms with van der Waals surface area (Å²) in [7, 11) is 0. The molecule has 0 bridgehead atoms. The molecule has 6 N–H and O–H groups in total. The number of anilines is 4. The first-order chi connectivity index (χ1) is 26.6. The van der Waals surface area contributed by atoms with E-state index in [0.717, 1.165) is 34.1 Å². The molecule has 0 amide bonds. The summed E-state index contributed by atoms with van der Waals surface area (Å²) < 4.78 is 6.30. The minimum atomic E-state index is -0.298. The second kappa shape index (κ2) is 13.1. The molecule has 0 aliphatic carbocycles. The van der Waals surface area contributed by atoms with Crippen molar-refractivity contribution in [3.8, 4) is 22.5 Å². The second-order valence-corrected chi connectivity index (χ2v) is 18.6. The van der Waals surface area contributed by atoms with E-state index in [4.69, 9.17) is 9.97 Å². The molecule has 0 saturated carbocycles. The average molecular weight is 841 g/mol.